The van der Waals surface area contributed by atoms with E-state index in [1.54, 1.807) is 6.20 Å². The minimum absolute atomic E-state index is 0.725. The van der Waals surface area contributed by atoms with Crippen molar-refractivity contribution in [3.63, 3.8) is 0 Å². The maximum Gasteiger partial charge on any atom is 0.0851 e. The lowest BCUT2D eigenvalue weighted by Crippen LogP contribution is -1.84. The Hall–Kier alpha value is 0.130. The molecule has 0 amide bonds. The molecule has 13 heavy (non-hydrogen) atoms. The minimum atomic E-state index is 0.725. The molecule has 1 aromatic carbocycles. The van der Waals surface area contributed by atoms with E-state index in [0.717, 1.165) is 24.0 Å². The van der Waals surface area contributed by atoms with E-state index >= 15 is 0 Å². The van der Waals surface area contributed by atoms with Gasteiger partial charge in [0.2, 0.25) is 0 Å². The molecule has 0 saturated heterocycles. The Balaban J connectivity index is 2.97. The summed E-state index contributed by atoms with van der Waals surface area (Å²) in [6, 6.07) is 5.83. The fraction of sp³-hybridized carbons (Fsp3) is 0. The van der Waals surface area contributed by atoms with Gasteiger partial charge in [-0.15, -0.1) is 0 Å². The molecule has 0 aliphatic heterocycles. The molecule has 1 heterocycles. The first kappa shape index (κ1) is 9.68. The van der Waals surface area contributed by atoms with E-state index in [2.05, 4.69) is 43.5 Å². The Morgan fingerprint density at radius 2 is 2.23 bits per heavy atom. The third kappa shape index (κ3) is 1.69. The first-order chi connectivity index (χ1) is 6.20. The monoisotopic (exact) mass is 367 g/mol. The van der Waals surface area contributed by atoms with Crippen LogP contribution in [0.3, 0.4) is 0 Å². The molecule has 0 bridgehead atoms. The Bertz CT molecular complexity index is 472. The van der Waals surface area contributed by atoms with Gasteiger partial charge >= 0.3 is 0 Å². The lowest BCUT2D eigenvalue weighted by molar-refractivity contribution is 1.40. The van der Waals surface area contributed by atoms with Crippen LogP contribution in [0.2, 0.25) is 5.02 Å². The second-order valence-corrected chi connectivity index (χ2v) is 4.95. The molecular formula is C9H4BrClIN. The van der Waals surface area contributed by atoms with Crippen molar-refractivity contribution in [2.45, 2.75) is 0 Å². The molecule has 0 N–H and O–H groups in total. The van der Waals surface area contributed by atoms with Crippen LogP contribution in [-0.4, -0.2) is 4.98 Å². The average molecular weight is 368 g/mol. The van der Waals surface area contributed by atoms with Crippen LogP contribution in [0.4, 0.5) is 0 Å². The van der Waals surface area contributed by atoms with Gasteiger partial charge in [-0.2, -0.15) is 0 Å². The summed E-state index contributed by atoms with van der Waals surface area (Å²) in [7, 11) is 0. The van der Waals surface area contributed by atoms with Gasteiger partial charge in [-0.05, 0) is 56.7 Å². The van der Waals surface area contributed by atoms with Crippen LogP contribution >= 0.6 is 50.1 Å². The van der Waals surface area contributed by atoms with E-state index in [1.165, 1.54) is 0 Å². The number of nitrogens with zero attached hydrogens (tertiary/aromatic N) is 1. The summed E-state index contributed by atoms with van der Waals surface area (Å²) in [5.41, 5.74) is 0.955. The average Bonchev–Trinajstić information content (AvgIpc) is 2.15. The number of rotatable bonds is 0. The fourth-order valence-electron chi connectivity index (χ4n) is 1.14. The molecule has 0 aliphatic rings. The van der Waals surface area contributed by atoms with Crippen LogP contribution in [0.25, 0.3) is 10.9 Å². The predicted octanol–water partition coefficient (Wildman–Crippen LogP) is 4.26. The number of fused-ring (bicyclic) bond motifs is 1. The maximum absolute atomic E-state index is 6.11. The van der Waals surface area contributed by atoms with E-state index in [1.807, 2.05) is 18.2 Å². The molecule has 2 rings (SSSR count). The second kappa shape index (κ2) is 3.71. The molecular weight excluding hydrogens is 364 g/mol. The molecule has 0 atom stereocenters. The van der Waals surface area contributed by atoms with Crippen molar-refractivity contribution in [3.8, 4) is 0 Å². The molecule has 0 unspecified atom stereocenters. The molecule has 4 heteroatoms. The largest absolute Gasteiger partial charge is 0.255 e. The van der Waals surface area contributed by atoms with Crippen molar-refractivity contribution < 1.29 is 0 Å². The van der Waals surface area contributed by atoms with Gasteiger partial charge in [-0.3, -0.25) is 4.98 Å². The maximum atomic E-state index is 6.11. The number of aromatic nitrogens is 1. The Kier molecular flexibility index (Phi) is 2.76. The van der Waals surface area contributed by atoms with Crippen molar-refractivity contribution >= 4 is 61.0 Å². The van der Waals surface area contributed by atoms with Gasteiger partial charge in [0.1, 0.15) is 0 Å². The third-order valence-electron chi connectivity index (χ3n) is 1.73. The molecule has 0 saturated carbocycles. The Morgan fingerprint density at radius 3 is 3.00 bits per heavy atom. The first-order valence-electron chi connectivity index (χ1n) is 3.58. The SMILES string of the molecule is Clc1c(Br)cc(I)c2ncccc12. The lowest BCUT2D eigenvalue weighted by atomic mass is 10.2. The van der Waals surface area contributed by atoms with Crippen LogP contribution in [0.15, 0.2) is 28.9 Å². The zero-order valence-electron chi connectivity index (χ0n) is 6.39. The van der Waals surface area contributed by atoms with E-state index in [9.17, 15) is 0 Å². The summed E-state index contributed by atoms with van der Waals surface area (Å²) in [6.45, 7) is 0. The zero-order chi connectivity index (χ0) is 9.42. The quantitative estimate of drug-likeness (QED) is 0.500. The van der Waals surface area contributed by atoms with E-state index in [0.29, 0.717) is 0 Å². The Morgan fingerprint density at radius 1 is 1.46 bits per heavy atom. The van der Waals surface area contributed by atoms with Crippen molar-refractivity contribution in [3.05, 3.63) is 37.5 Å². The minimum Gasteiger partial charge on any atom is -0.255 e. The van der Waals surface area contributed by atoms with Gasteiger partial charge in [0.05, 0.1) is 10.5 Å². The highest BCUT2D eigenvalue weighted by molar-refractivity contribution is 14.1. The number of pyridine rings is 1. The summed E-state index contributed by atoms with van der Waals surface area (Å²) in [5.74, 6) is 0. The highest BCUT2D eigenvalue weighted by Gasteiger charge is 2.07. The highest BCUT2D eigenvalue weighted by atomic mass is 127. The Labute approximate surface area is 103 Å². The van der Waals surface area contributed by atoms with Gasteiger partial charge in [0, 0.05) is 19.6 Å². The number of hydrogen-bond acceptors (Lipinski definition) is 1. The van der Waals surface area contributed by atoms with Crippen molar-refractivity contribution in [2.24, 2.45) is 0 Å². The standard InChI is InChI=1S/C9H4BrClIN/c10-6-4-7(12)9-5(8(6)11)2-1-3-13-9/h1-4H. The normalized spacial score (nSPS) is 10.7. The summed E-state index contributed by atoms with van der Waals surface area (Å²) < 4.78 is 2.02. The van der Waals surface area contributed by atoms with Crippen molar-refractivity contribution in [2.75, 3.05) is 0 Å². The van der Waals surface area contributed by atoms with Crippen molar-refractivity contribution in [1.82, 2.24) is 4.98 Å². The second-order valence-electron chi connectivity index (χ2n) is 2.55. The van der Waals surface area contributed by atoms with Crippen molar-refractivity contribution in [1.29, 1.82) is 0 Å². The van der Waals surface area contributed by atoms with Gasteiger partial charge < -0.3 is 0 Å². The van der Waals surface area contributed by atoms with Crippen LogP contribution < -0.4 is 0 Å². The van der Waals surface area contributed by atoms with Crippen LogP contribution in [-0.2, 0) is 0 Å². The molecule has 0 aliphatic carbocycles. The van der Waals surface area contributed by atoms with E-state index in [-0.39, 0.29) is 0 Å². The van der Waals surface area contributed by atoms with E-state index < -0.39 is 0 Å². The van der Waals surface area contributed by atoms with Gasteiger partial charge in [0.15, 0.2) is 0 Å². The predicted molar refractivity (Wildman–Crippen MR) is 67.2 cm³/mol. The van der Waals surface area contributed by atoms with Gasteiger partial charge in [-0.25, -0.2) is 0 Å². The number of halogens is 3. The topological polar surface area (TPSA) is 12.9 Å². The van der Waals surface area contributed by atoms with Crippen LogP contribution in [0.5, 0.6) is 0 Å². The zero-order valence-corrected chi connectivity index (χ0v) is 10.9. The number of benzene rings is 1. The third-order valence-corrected chi connectivity index (χ3v) is 3.82. The van der Waals surface area contributed by atoms with Gasteiger partial charge in [0.25, 0.3) is 0 Å². The van der Waals surface area contributed by atoms with E-state index in [4.69, 9.17) is 11.6 Å². The first-order valence-corrected chi connectivity index (χ1v) is 5.83. The summed E-state index contributed by atoms with van der Waals surface area (Å²) in [5, 5.41) is 1.71. The summed E-state index contributed by atoms with van der Waals surface area (Å²) in [4.78, 5) is 4.27. The summed E-state index contributed by atoms with van der Waals surface area (Å²) >= 11 is 11.8. The highest BCUT2D eigenvalue weighted by Crippen LogP contribution is 2.32. The summed E-state index contributed by atoms with van der Waals surface area (Å²) in [6.07, 6.45) is 1.77. The van der Waals surface area contributed by atoms with Crippen LogP contribution in [0.1, 0.15) is 0 Å². The molecule has 0 spiro atoms. The number of hydrogen-bond donors (Lipinski definition) is 0. The molecule has 0 radical (unpaired) electrons. The lowest BCUT2D eigenvalue weighted by Gasteiger charge is -2.03. The van der Waals surface area contributed by atoms with Crippen LogP contribution in [0, 0.1) is 3.57 Å². The smallest absolute Gasteiger partial charge is 0.0851 e. The molecule has 66 valence electrons. The molecule has 1 nitrogen and oxygen atoms in total. The molecule has 2 aromatic rings. The fourth-order valence-corrected chi connectivity index (χ4v) is 2.96. The molecule has 1 aromatic heterocycles. The van der Waals surface area contributed by atoms with Gasteiger partial charge in [-0.1, -0.05) is 11.6 Å². The molecule has 0 fully saturated rings.